The molecule has 41 heavy (non-hydrogen) atoms. The number of hydrogen-bond donors (Lipinski definition) is 4. The summed E-state index contributed by atoms with van der Waals surface area (Å²) in [6.45, 7) is 0. The van der Waals surface area contributed by atoms with Crippen molar-refractivity contribution in [1.82, 2.24) is 0 Å². The van der Waals surface area contributed by atoms with Crippen molar-refractivity contribution in [2.75, 3.05) is 0 Å². The topological polar surface area (TPSA) is 115 Å². The maximum Gasteiger partial charge on any atom is 0.335 e. The number of benzene rings is 6. The van der Waals surface area contributed by atoms with Crippen LogP contribution < -0.4 is 0 Å². The summed E-state index contributed by atoms with van der Waals surface area (Å²) in [5.74, 6) is -1.78. The smallest absolute Gasteiger partial charge is 0.335 e. The summed E-state index contributed by atoms with van der Waals surface area (Å²) in [5, 5.41) is 43.2. The molecule has 7 rings (SSSR count). The highest BCUT2D eigenvalue weighted by atomic mass is 16.4. The Bertz CT molecular complexity index is 1940. The molecule has 0 amide bonds. The zero-order valence-electron chi connectivity index (χ0n) is 21.5. The van der Waals surface area contributed by atoms with Gasteiger partial charge in [-0.15, -0.1) is 0 Å². The first-order valence-electron chi connectivity index (χ1n) is 13.0. The second kappa shape index (κ2) is 8.69. The van der Waals surface area contributed by atoms with Crippen molar-refractivity contribution in [3.05, 3.63) is 143 Å². The number of phenols is 2. The van der Waals surface area contributed by atoms with Crippen molar-refractivity contribution in [1.29, 1.82) is 0 Å². The molecular formula is C35H22O6. The fourth-order valence-electron chi connectivity index (χ4n) is 6.32. The minimum Gasteiger partial charge on any atom is -0.508 e. The SMILES string of the molecule is O=C(O)c1ccc2cc(C3(c4ccc5cc(C(=O)O)ccc5c4)c4ccc(O)cc4-c4cc(O)ccc43)ccc2c1. The van der Waals surface area contributed by atoms with E-state index < -0.39 is 17.4 Å². The molecule has 198 valence electrons. The normalized spacial score (nSPS) is 13.2. The summed E-state index contributed by atoms with van der Waals surface area (Å²) in [7, 11) is 0. The maximum absolute atomic E-state index is 11.6. The predicted octanol–water partition coefficient (Wildman–Crippen LogP) is 7.16. The summed E-state index contributed by atoms with van der Waals surface area (Å²) in [6.07, 6.45) is 0. The highest BCUT2D eigenvalue weighted by Gasteiger charge is 2.46. The molecule has 6 nitrogen and oxygen atoms in total. The highest BCUT2D eigenvalue weighted by Crippen LogP contribution is 2.57. The monoisotopic (exact) mass is 538 g/mol. The first-order chi connectivity index (χ1) is 19.8. The highest BCUT2D eigenvalue weighted by molar-refractivity contribution is 5.97. The Hall–Kier alpha value is -5.62. The van der Waals surface area contributed by atoms with Crippen LogP contribution in [0.15, 0.2) is 109 Å². The number of carboxylic acid groups (broad SMARTS) is 2. The van der Waals surface area contributed by atoms with E-state index in [9.17, 15) is 30.0 Å². The van der Waals surface area contributed by atoms with Gasteiger partial charge in [-0.3, -0.25) is 0 Å². The first kappa shape index (κ1) is 24.4. The van der Waals surface area contributed by atoms with Crippen molar-refractivity contribution >= 4 is 33.5 Å². The Morgan fingerprint density at radius 1 is 0.463 bits per heavy atom. The molecule has 6 aromatic rings. The Kier molecular flexibility index (Phi) is 5.18. The van der Waals surface area contributed by atoms with E-state index in [-0.39, 0.29) is 22.6 Å². The molecule has 0 spiro atoms. The summed E-state index contributed by atoms with van der Waals surface area (Å²) in [6, 6.07) is 32.5. The molecule has 0 bridgehead atoms. The van der Waals surface area contributed by atoms with Gasteiger partial charge in [-0.25, -0.2) is 9.59 Å². The van der Waals surface area contributed by atoms with Gasteiger partial charge in [0.25, 0.3) is 0 Å². The zero-order valence-corrected chi connectivity index (χ0v) is 21.5. The molecule has 0 saturated heterocycles. The van der Waals surface area contributed by atoms with E-state index in [1.54, 1.807) is 60.7 Å². The Labute approximate surface area is 234 Å². The second-order valence-corrected chi connectivity index (χ2v) is 10.4. The molecule has 0 atom stereocenters. The van der Waals surface area contributed by atoms with Gasteiger partial charge in [0.05, 0.1) is 16.5 Å². The van der Waals surface area contributed by atoms with Crippen molar-refractivity contribution < 1.29 is 30.0 Å². The van der Waals surface area contributed by atoms with Gasteiger partial charge in [0.15, 0.2) is 0 Å². The average Bonchev–Trinajstić information content (AvgIpc) is 3.25. The van der Waals surface area contributed by atoms with Crippen molar-refractivity contribution in [2.24, 2.45) is 0 Å². The Morgan fingerprint density at radius 2 is 0.854 bits per heavy atom. The lowest BCUT2D eigenvalue weighted by atomic mass is 9.67. The van der Waals surface area contributed by atoms with E-state index in [0.717, 1.165) is 54.9 Å². The number of carboxylic acids is 2. The molecule has 6 aromatic carbocycles. The van der Waals surface area contributed by atoms with Crippen LogP contribution in [0, 0.1) is 0 Å². The number of aromatic hydroxyl groups is 2. The molecule has 0 unspecified atom stereocenters. The lowest BCUT2D eigenvalue weighted by molar-refractivity contribution is 0.0686. The second-order valence-electron chi connectivity index (χ2n) is 10.4. The van der Waals surface area contributed by atoms with E-state index in [0.29, 0.717) is 0 Å². The molecule has 1 aliphatic rings. The largest absolute Gasteiger partial charge is 0.508 e. The molecule has 0 aromatic heterocycles. The van der Waals surface area contributed by atoms with Crippen molar-refractivity contribution in [3.8, 4) is 22.6 Å². The van der Waals surface area contributed by atoms with Crippen LogP contribution >= 0.6 is 0 Å². The molecule has 0 fully saturated rings. The molecule has 0 heterocycles. The average molecular weight is 539 g/mol. The Morgan fingerprint density at radius 3 is 1.27 bits per heavy atom. The Balaban J connectivity index is 1.58. The third-order valence-corrected chi connectivity index (χ3v) is 8.14. The standard InChI is InChI=1S/C35H22O6/c36-27-9-11-31-29(17-27)30-18-28(37)10-12-32(30)35(31,25-7-5-19-13-23(33(38)39)3-1-21(19)15-25)26-8-6-20-14-24(34(40)41)4-2-22(20)16-26/h1-18,36-37H,(H,38,39)(H,40,41). The zero-order chi connectivity index (χ0) is 28.5. The number of phenolic OH excluding ortho intramolecular Hbond substituents is 2. The van der Waals surface area contributed by atoms with E-state index >= 15 is 0 Å². The minimum absolute atomic E-state index is 0.105. The lowest BCUT2D eigenvalue weighted by Gasteiger charge is -2.34. The molecule has 0 radical (unpaired) electrons. The summed E-state index contributed by atoms with van der Waals surface area (Å²) < 4.78 is 0. The number of carbonyl (C=O) groups is 2. The number of hydrogen-bond acceptors (Lipinski definition) is 4. The van der Waals surface area contributed by atoms with Crippen LogP contribution in [0.2, 0.25) is 0 Å². The quantitative estimate of drug-likeness (QED) is 0.189. The van der Waals surface area contributed by atoms with Crippen molar-refractivity contribution in [3.63, 3.8) is 0 Å². The van der Waals surface area contributed by atoms with Gasteiger partial charge in [-0.05, 0) is 116 Å². The molecule has 0 saturated carbocycles. The van der Waals surface area contributed by atoms with E-state index in [2.05, 4.69) is 12.1 Å². The van der Waals surface area contributed by atoms with E-state index in [4.69, 9.17) is 0 Å². The fourth-order valence-corrected chi connectivity index (χ4v) is 6.32. The van der Waals surface area contributed by atoms with Crippen LogP contribution in [0.5, 0.6) is 11.5 Å². The van der Waals surface area contributed by atoms with Gasteiger partial charge < -0.3 is 20.4 Å². The lowest BCUT2D eigenvalue weighted by Crippen LogP contribution is -2.28. The van der Waals surface area contributed by atoms with Gasteiger partial charge in [0.2, 0.25) is 0 Å². The van der Waals surface area contributed by atoms with Gasteiger partial charge in [-0.2, -0.15) is 0 Å². The summed E-state index contributed by atoms with van der Waals surface area (Å²) in [4.78, 5) is 23.2. The number of aromatic carboxylic acids is 2. The first-order valence-corrected chi connectivity index (χ1v) is 13.0. The van der Waals surface area contributed by atoms with E-state index in [1.165, 1.54) is 0 Å². The maximum atomic E-state index is 11.6. The third kappa shape index (κ3) is 3.58. The molecule has 6 heteroatoms. The van der Waals surface area contributed by atoms with Gasteiger partial charge in [-0.1, -0.05) is 48.5 Å². The van der Waals surface area contributed by atoms with Crippen LogP contribution in [0.4, 0.5) is 0 Å². The fraction of sp³-hybridized carbons (Fsp3) is 0.0286. The van der Waals surface area contributed by atoms with Gasteiger partial charge in [0, 0.05) is 0 Å². The molecule has 0 aliphatic heterocycles. The van der Waals surface area contributed by atoms with Crippen LogP contribution in [0.3, 0.4) is 0 Å². The summed E-state index contributed by atoms with van der Waals surface area (Å²) >= 11 is 0. The van der Waals surface area contributed by atoms with Crippen LogP contribution in [-0.2, 0) is 5.41 Å². The van der Waals surface area contributed by atoms with Gasteiger partial charge >= 0.3 is 11.9 Å². The minimum atomic E-state index is -0.993. The van der Waals surface area contributed by atoms with Crippen LogP contribution in [-0.4, -0.2) is 32.4 Å². The molecule has 1 aliphatic carbocycles. The number of fused-ring (bicyclic) bond motifs is 5. The number of rotatable bonds is 4. The van der Waals surface area contributed by atoms with E-state index in [1.807, 2.05) is 36.4 Å². The third-order valence-electron chi connectivity index (χ3n) is 8.14. The summed E-state index contributed by atoms with van der Waals surface area (Å²) in [5.41, 5.74) is 4.81. The van der Waals surface area contributed by atoms with Crippen LogP contribution in [0.25, 0.3) is 32.7 Å². The van der Waals surface area contributed by atoms with Crippen molar-refractivity contribution in [2.45, 2.75) is 5.41 Å². The van der Waals surface area contributed by atoms with Gasteiger partial charge in [0.1, 0.15) is 11.5 Å². The molecular weight excluding hydrogens is 516 g/mol. The van der Waals surface area contributed by atoms with Crippen LogP contribution in [0.1, 0.15) is 43.0 Å². The molecule has 4 N–H and O–H groups in total. The predicted molar refractivity (Wildman–Crippen MR) is 156 cm³/mol.